The van der Waals surface area contributed by atoms with Crippen LogP contribution in [0.15, 0.2) is 22.9 Å². The molecule has 2 rings (SSSR count). The maximum absolute atomic E-state index is 5.58. The van der Waals surface area contributed by atoms with Crippen LogP contribution in [0.4, 0.5) is 0 Å². The van der Waals surface area contributed by atoms with Gasteiger partial charge in [-0.15, -0.1) is 0 Å². The maximum Gasteiger partial charge on any atom is 0.139 e. The summed E-state index contributed by atoms with van der Waals surface area (Å²) in [7, 11) is 0. The van der Waals surface area contributed by atoms with E-state index in [-0.39, 0.29) is 0 Å². The Morgan fingerprint density at radius 2 is 2.33 bits per heavy atom. The fraction of sp³-hybridized carbons (Fsp3) is 0.375. The van der Waals surface area contributed by atoms with E-state index in [0.29, 0.717) is 6.10 Å². The summed E-state index contributed by atoms with van der Waals surface area (Å²) in [6.45, 7) is 1.87. The molecule has 64 valence electrons. The van der Waals surface area contributed by atoms with Crippen molar-refractivity contribution in [1.82, 2.24) is 10.3 Å². The highest BCUT2D eigenvalue weighted by Crippen LogP contribution is 2.17. The number of halogens is 1. The van der Waals surface area contributed by atoms with Gasteiger partial charge in [-0.3, -0.25) is 4.98 Å². The summed E-state index contributed by atoms with van der Waals surface area (Å²) in [5.74, 6) is 0.830. The van der Waals surface area contributed by atoms with E-state index in [1.165, 1.54) is 0 Å². The second-order valence-corrected chi connectivity index (χ2v) is 3.65. The normalized spacial score (nSPS) is 17.1. The molecule has 0 saturated carbocycles. The molecule has 0 amide bonds. The largest absolute Gasteiger partial charge is 0.486 e. The summed E-state index contributed by atoms with van der Waals surface area (Å²) < 4.78 is 6.53. The van der Waals surface area contributed by atoms with Gasteiger partial charge >= 0.3 is 0 Å². The van der Waals surface area contributed by atoms with Gasteiger partial charge in [0.25, 0.3) is 0 Å². The van der Waals surface area contributed by atoms with Gasteiger partial charge in [-0.25, -0.2) is 0 Å². The van der Waals surface area contributed by atoms with E-state index < -0.39 is 0 Å². The van der Waals surface area contributed by atoms with Crippen LogP contribution < -0.4 is 10.1 Å². The number of hydrogen-bond acceptors (Lipinski definition) is 3. The molecule has 0 radical (unpaired) electrons. The average molecular weight is 229 g/mol. The number of nitrogens with one attached hydrogen (secondary N) is 1. The predicted octanol–water partition coefficient (Wildman–Crippen LogP) is 1.19. The van der Waals surface area contributed by atoms with Crippen LogP contribution in [0.1, 0.15) is 0 Å². The molecule has 1 N–H and O–H groups in total. The van der Waals surface area contributed by atoms with E-state index in [1.807, 2.05) is 6.07 Å². The number of ether oxygens (including phenoxy) is 1. The molecule has 12 heavy (non-hydrogen) atoms. The zero-order valence-electron chi connectivity index (χ0n) is 6.46. The third-order valence-corrected chi connectivity index (χ3v) is 2.16. The highest BCUT2D eigenvalue weighted by Gasteiger charge is 2.18. The van der Waals surface area contributed by atoms with Crippen LogP contribution in [0.2, 0.25) is 0 Å². The molecular weight excluding hydrogens is 220 g/mol. The van der Waals surface area contributed by atoms with Gasteiger partial charge in [-0.05, 0) is 22.0 Å². The lowest BCUT2D eigenvalue weighted by atomic mass is 10.2. The van der Waals surface area contributed by atoms with Crippen LogP contribution in [-0.4, -0.2) is 24.2 Å². The second-order valence-electron chi connectivity index (χ2n) is 2.74. The fourth-order valence-corrected chi connectivity index (χ4v) is 1.34. The lowest BCUT2D eigenvalue weighted by molar-refractivity contribution is 0.141. The highest BCUT2D eigenvalue weighted by atomic mass is 79.9. The summed E-state index contributed by atoms with van der Waals surface area (Å²) >= 11 is 3.33. The molecule has 1 saturated heterocycles. The molecule has 0 spiro atoms. The first-order valence-electron chi connectivity index (χ1n) is 3.82. The molecule has 0 aromatic carbocycles. The monoisotopic (exact) mass is 228 g/mol. The third kappa shape index (κ3) is 1.76. The van der Waals surface area contributed by atoms with Crippen molar-refractivity contribution in [2.75, 3.05) is 13.1 Å². The summed E-state index contributed by atoms with van der Waals surface area (Å²) in [5.41, 5.74) is 0. The summed E-state index contributed by atoms with van der Waals surface area (Å²) in [6.07, 6.45) is 3.79. The Labute approximate surface area is 79.3 Å². The van der Waals surface area contributed by atoms with E-state index in [2.05, 4.69) is 26.2 Å². The summed E-state index contributed by atoms with van der Waals surface area (Å²) in [4.78, 5) is 4.00. The van der Waals surface area contributed by atoms with Crippen molar-refractivity contribution >= 4 is 15.9 Å². The van der Waals surface area contributed by atoms with Crippen molar-refractivity contribution in [2.24, 2.45) is 0 Å². The fourth-order valence-electron chi connectivity index (χ4n) is 0.995. The zero-order chi connectivity index (χ0) is 8.39. The summed E-state index contributed by atoms with van der Waals surface area (Å²) in [6, 6.07) is 1.92. The van der Waals surface area contributed by atoms with Gasteiger partial charge in [0.2, 0.25) is 0 Å². The Balaban J connectivity index is 2.02. The molecule has 1 aromatic rings. The van der Waals surface area contributed by atoms with E-state index >= 15 is 0 Å². The Morgan fingerprint density at radius 3 is 2.92 bits per heavy atom. The van der Waals surface area contributed by atoms with Gasteiger partial charge in [0.1, 0.15) is 11.9 Å². The molecule has 0 bridgehead atoms. The van der Waals surface area contributed by atoms with Crippen LogP contribution >= 0.6 is 15.9 Å². The minimum absolute atomic E-state index is 0.320. The number of rotatable bonds is 2. The maximum atomic E-state index is 5.58. The van der Waals surface area contributed by atoms with Gasteiger partial charge < -0.3 is 10.1 Å². The third-order valence-electron chi connectivity index (χ3n) is 1.73. The molecule has 4 heteroatoms. The molecular formula is C8H9BrN2O. The van der Waals surface area contributed by atoms with Crippen LogP contribution in [0.3, 0.4) is 0 Å². The second kappa shape index (κ2) is 3.41. The number of hydrogen-bond donors (Lipinski definition) is 1. The van der Waals surface area contributed by atoms with Crippen LogP contribution in [0, 0.1) is 0 Å². The molecule has 3 nitrogen and oxygen atoms in total. The number of aromatic nitrogens is 1. The topological polar surface area (TPSA) is 34.1 Å². The van der Waals surface area contributed by atoms with Crippen LogP contribution in [-0.2, 0) is 0 Å². The Morgan fingerprint density at radius 1 is 1.50 bits per heavy atom. The molecule has 1 fully saturated rings. The predicted molar refractivity (Wildman–Crippen MR) is 49.2 cm³/mol. The van der Waals surface area contributed by atoms with Crippen molar-refractivity contribution in [3.8, 4) is 5.75 Å². The average Bonchev–Trinajstić information content (AvgIpc) is 1.97. The zero-order valence-corrected chi connectivity index (χ0v) is 8.04. The van der Waals surface area contributed by atoms with E-state index in [4.69, 9.17) is 4.74 Å². The smallest absolute Gasteiger partial charge is 0.139 e. The number of nitrogens with zero attached hydrogens (tertiary/aromatic N) is 1. The van der Waals surface area contributed by atoms with Gasteiger partial charge in [0.05, 0.1) is 6.20 Å². The first kappa shape index (κ1) is 8.01. The Hall–Kier alpha value is -0.610. The number of pyridine rings is 1. The van der Waals surface area contributed by atoms with Crippen LogP contribution in [0.25, 0.3) is 0 Å². The Kier molecular flexibility index (Phi) is 2.28. The van der Waals surface area contributed by atoms with E-state index in [1.54, 1.807) is 12.4 Å². The van der Waals surface area contributed by atoms with Gasteiger partial charge in [-0.2, -0.15) is 0 Å². The first-order valence-corrected chi connectivity index (χ1v) is 4.62. The highest BCUT2D eigenvalue weighted by molar-refractivity contribution is 9.10. The molecule has 0 aliphatic carbocycles. The molecule has 2 heterocycles. The minimum Gasteiger partial charge on any atom is -0.486 e. The van der Waals surface area contributed by atoms with Crippen molar-refractivity contribution in [1.29, 1.82) is 0 Å². The molecule has 1 aromatic heterocycles. The molecule has 1 aliphatic heterocycles. The van der Waals surface area contributed by atoms with Crippen LogP contribution in [0.5, 0.6) is 5.75 Å². The van der Waals surface area contributed by atoms with Crippen molar-refractivity contribution < 1.29 is 4.74 Å². The lowest BCUT2D eigenvalue weighted by Crippen LogP contribution is -2.50. The van der Waals surface area contributed by atoms with E-state index in [9.17, 15) is 0 Å². The minimum atomic E-state index is 0.320. The standard InChI is InChI=1S/C8H9BrN2O/c9-6-1-7(3-10-2-6)12-8-4-11-5-8/h1-3,8,11H,4-5H2. The quantitative estimate of drug-likeness (QED) is 0.827. The Bertz CT molecular complexity index is 276. The van der Waals surface area contributed by atoms with E-state index in [0.717, 1.165) is 23.3 Å². The first-order chi connectivity index (χ1) is 5.84. The lowest BCUT2D eigenvalue weighted by Gasteiger charge is -2.27. The summed E-state index contributed by atoms with van der Waals surface area (Å²) in [5, 5.41) is 3.14. The van der Waals surface area contributed by atoms with Crippen molar-refractivity contribution in [3.63, 3.8) is 0 Å². The molecule has 0 atom stereocenters. The van der Waals surface area contributed by atoms with Crippen molar-refractivity contribution in [3.05, 3.63) is 22.9 Å². The molecule has 1 aliphatic rings. The van der Waals surface area contributed by atoms with Crippen molar-refractivity contribution in [2.45, 2.75) is 6.10 Å². The van der Waals surface area contributed by atoms with Gasteiger partial charge in [0.15, 0.2) is 0 Å². The van der Waals surface area contributed by atoms with Gasteiger partial charge in [0, 0.05) is 23.8 Å². The SMILES string of the molecule is Brc1cncc(OC2CNC2)c1. The molecule has 0 unspecified atom stereocenters. The van der Waals surface area contributed by atoms with Gasteiger partial charge in [-0.1, -0.05) is 0 Å².